The predicted molar refractivity (Wildman–Crippen MR) is 87.6 cm³/mol. The summed E-state index contributed by atoms with van der Waals surface area (Å²) in [5.41, 5.74) is -0.165. The van der Waals surface area contributed by atoms with Gasteiger partial charge in [-0.25, -0.2) is 0 Å². The van der Waals surface area contributed by atoms with Gasteiger partial charge in [0.25, 0.3) is 5.91 Å². The zero-order valence-corrected chi connectivity index (χ0v) is 14.3. The molecule has 0 radical (unpaired) electrons. The molecule has 0 aliphatic heterocycles. The van der Waals surface area contributed by atoms with E-state index in [4.69, 9.17) is 0 Å². The topological polar surface area (TPSA) is 81.3 Å². The standard InChI is InChI=1S/C17H24N4O3/c1-3-20-15(14(10-18-20)21(23)24)16(22)19(2)17-7-11-4-12(8-17)6-13(5-11)9-17/h10-13H,3-9H2,1-2H3. The molecule has 130 valence electrons. The lowest BCUT2D eigenvalue weighted by atomic mass is 9.52. The summed E-state index contributed by atoms with van der Waals surface area (Å²) in [6, 6.07) is 0. The fraction of sp³-hybridized carbons (Fsp3) is 0.765. The number of rotatable bonds is 4. The van der Waals surface area contributed by atoms with Crippen LogP contribution in [0.2, 0.25) is 0 Å². The van der Waals surface area contributed by atoms with Gasteiger partial charge in [0, 0.05) is 19.1 Å². The third-order valence-corrected chi connectivity index (χ3v) is 6.54. The summed E-state index contributed by atoms with van der Waals surface area (Å²) in [6.07, 6.45) is 8.25. The van der Waals surface area contributed by atoms with E-state index in [1.165, 1.54) is 30.1 Å². The van der Waals surface area contributed by atoms with E-state index in [0.29, 0.717) is 6.54 Å². The minimum atomic E-state index is -0.500. The van der Waals surface area contributed by atoms with Gasteiger partial charge < -0.3 is 4.90 Å². The Kier molecular flexibility index (Phi) is 3.44. The number of hydrogen-bond acceptors (Lipinski definition) is 4. The second kappa shape index (κ2) is 5.29. The molecule has 1 aromatic rings. The highest BCUT2D eigenvalue weighted by molar-refractivity contribution is 5.96. The van der Waals surface area contributed by atoms with Crippen LogP contribution >= 0.6 is 0 Å². The Morgan fingerprint density at radius 2 is 1.88 bits per heavy atom. The van der Waals surface area contributed by atoms with E-state index in [1.807, 2.05) is 18.9 Å². The van der Waals surface area contributed by atoms with E-state index < -0.39 is 4.92 Å². The summed E-state index contributed by atoms with van der Waals surface area (Å²) in [5, 5.41) is 15.3. The molecule has 0 spiro atoms. The SMILES string of the molecule is CCn1ncc([N+](=O)[O-])c1C(=O)N(C)C12CC3CC(CC(C3)C1)C2. The number of amides is 1. The number of aromatic nitrogens is 2. The highest BCUT2D eigenvalue weighted by Crippen LogP contribution is 2.57. The first kappa shape index (κ1) is 15.6. The van der Waals surface area contributed by atoms with Gasteiger partial charge in [0.05, 0.1) is 4.92 Å². The number of carbonyl (C=O) groups excluding carboxylic acids is 1. The van der Waals surface area contributed by atoms with Gasteiger partial charge in [-0.2, -0.15) is 5.10 Å². The van der Waals surface area contributed by atoms with E-state index in [2.05, 4.69) is 5.10 Å². The fourth-order valence-electron chi connectivity index (χ4n) is 5.82. The smallest absolute Gasteiger partial charge is 0.320 e. The van der Waals surface area contributed by atoms with Crippen molar-refractivity contribution in [3.63, 3.8) is 0 Å². The third kappa shape index (κ3) is 2.17. The zero-order chi connectivity index (χ0) is 17.1. The van der Waals surface area contributed by atoms with Crippen LogP contribution in [0.3, 0.4) is 0 Å². The molecule has 7 heteroatoms. The van der Waals surface area contributed by atoms with Crippen LogP contribution in [-0.2, 0) is 6.54 Å². The Balaban J connectivity index is 1.68. The van der Waals surface area contributed by atoms with Gasteiger partial charge in [-0.05, 0) is 63.2 Å². The van der Waals surface area contributed by atoms with E-state index >= 15 is 0 Å². The average Bonchev–Trinajstić information content (AvgIpc) is 2.96. The van der Waals surface area contributed by atoms with E-state index in [0.717, 1.165) is 37.0 Å². The predicted octanol–water partition coefficient (Wildman–Crippen LogP) is 2.85. The molecule has 5 rings (SSSR count). The van der Waals surface area contributed by atoms with Crippen molar-refractivity contribution in [1.29, 1.82) is 0 Å². The summed E-state index contributed by atoms with van der Waals surface area (Å²) in [4.78, 5) is 25.8. The molecule has 0 saturated heterocycles. The minimum absolute atomic E-state index is 0.109. The zero-order valence-electron chi connectivity index (χ0n) is 14.3. The molecule has 1 aromatic heterocycles. The summed E-state index contributed by atoms with van der Waals surface area (Å²) in [7, 11) is 1.84. The molecule has 4 bridgehead atoms. The first-order chi connectivity index (χ1) is 11.4. The lowest BCUT2D eigenvalue weighted by molar-refractivity contribution is -0.385. The maximum Gasteiger partial charge on any atom is 0.320 e. The molecule has 4 fully saturated rings. The second-order valence-corrected chi connectivity index (χ2v) is 7.96. The van der Waals surface area contributed by atoms with Crippen molar-refractivity contribution in [3.05, 3.63) is 22.0 Å². The van der Waals surface area contributed by atoms with Crippen LogP contribution in [0.5, 0.6) is 0 Å². The Morgan fingerprint density at radius 3 is 2.33 bits per heavy atom. The molecule has 1 amide bonds. The molecule has 0 N–H and O–H groups in total. The Hall–Kier alpha value is -1.92. The van der Waals surface area contributed by atoms with Crippen LogP contribution in [0, 0.1) is 27.9 Å². The van der Waals surface area contributed by atoms with Crippen LogP contribution < -0.4 is 0 Å². The van der Waals surface area contributed by atoms with Crippen LogP contribution in [0.25, 0.3) is 0 Å². The van der Waals surface area contributed by atoms with Gasteiger partial charge >= 0.3 is 5.69 Å². The number of carbonyl (C=O) groups is 1. The number of nitrogens with zero attached hydrogens (tertiary/aromatic N) is 4. The van der Waals surface area contributed by atoms with Gasteiger partial charge in [0.1, 0.15) is 6.20 Å². The Bertz CT molecular complexity index is 661. The molecule has 1 heterocycles. The van der Waals surface area contributed by atoms with E-state index in [9.17, 15) is 14.9 Å². The Labute approximate surface area is 141 Å². The number of hydrogen-bond donors (Lipinski definition) is 0. The van der Waals surface area contributed by atoms with E-state index in [-0.39, 0.29) is 22.8 Å². The summed E-state index contributed by atoms with van der Waals surface area (Å²) < 4.78 is 1.46. The quantitative estimate of drug-likeness (QED) is 0.627. The maximum atomic E-state index is 13.2. The van der Waals surface area contributed by atoms with Gasteiger partial charge in [-0.1, -0.05) is 0 Å². The first-order valence-corrected chi connectivity index (χ1v) is 8.92. The van der Waals surface area contributed by atoms with Crippen molar-refractivity contribution in [3.8, 4) is 0 Å². The van der Waals surface area contributed by atoms with Crippen LogP contribution in [0.1, 0.15) is 55.9 Å². The molecular formula is C17H24N4O3. The van der Waals surface area contributed by atoms with Gasteiger partial charge in [0.2, 0.25) is 5.69 Å². The summed E-state index contributed by atoms with van der Waals surface area (Å²) in [5.74, 6) is 1.91. The molecule has 4 saturated carbocycles. The van der Waals surface area contributed by atoms with Crippen LogP contribution in [0.15, 0.2) is 6.20 Å². The van der Waals surface area contributed by atoms with Crippen molar-refractivity contribution < 1.29 is 9.72 Å². The molecule has 24 heavy (non-hydrogen) atoms. The molecule has 0 unspecified atom stereocenters. The molecular weight excluding hydrogens is 308 g/mol. The monoisotopic (exact) mass is 332 g/mol. The van der Waals surface area contributed by atoms with Crippen molar-refractivity contribution in [1.82, 2.24) is 14.7 Å². The van der Waals surface area contributed by atoms with Crippen LogP contribution in [-0.4, -0.2) is 38.1 Å². The summed E-state index contributed by atoms with van der Waals surface area (Å²) in [6.45, 7) is 2.29. The maximum absolute atomic E-state index is 13.2. The van der Waals surface area contributed by atoms with Crippen molar-refractivity contribution >= 4 is 11.6 Å². The molecule has 0 atom stereocenters. The van der Waals surface area contributed by atoms with Crippen molar-refractivity contribution in [2.24, 2.45) is 17.8 Å². The number of aryl methyl sites for hydroxylation is 1. The van der Waals surface area contributed by atoms with Gasteiger partial charge in [-0.15, -0.1) is 0 Å². The van der Waals surface area contributed by atoms with Crippen molar-refractivity contribution in [2.75, 3.05) is 7.05 Å². The van der Waals surface area contributed by atoms with Crippen LogP contribution in [0.4, 0.5) is 5.69 Å². The average molecular weight is 332 g/mol. The van der Waals surface area contributed by atoms with Gasteiger partial charge in [0.15, 0.2) is 0 Å². The first-order valence-electron chi connectivity index (χ1n) is 8.92. The molecule has 0 aromatic carbocycles. The largest absolute Gasteiger partial charge is 0.334 e. The molecule has 4 aliphatic carbocycles. The normalized spacial score (nSPS) is 33.7. The van der Waals surface area contributed by atoms with Crippen molar-refractivity contribution in [2.45, 2.75) is 57.5 Å². The third-order valence-electron chi connectivity index (χ3n) is 6.54. The fourth-order valence-corrected chi connectivity index (χ4v) is 5.82. The number of nitro groups is 1. The van der Waals surface area contributed by atoms with Gasteiger partial charge in [-0.3, -0.25) is 19.6 Å². The molecule has 4 aliphatic rings. The summed E-state index contributed by atoms with van der Waals surface area (Å²) >= 11 is 0. The lowest BCUT2D eigenvalue weighted by Crippen LogP contribution is -2.60. The highest BCUT2D eigenvalue weighted by Gasteiger charge is 2.54. The highest BCUT2D eigenvalue weighted by atomic mass is 16.6. The lowest BCUT2D eigenvalue weighted by Gasteiger charge is -2.59. The Morgan fingerprint density at radius 1 is 1.33 bits per heavy atom. The molecule has 7 nitrogen and oxygen atoms in total. The second-order valence-electron chi connectivity index (χ2n) is 7.96. The minimum Gasteiger partial charge on any atom is -0.334 e. The van der Waals surface area contributed by atoms with E-state index in [1.54, 1.807) is 0 Å².